The molecule has 1 N–H and O–H groups in total. The van der Waals surface area contributed by atoms with Crippen LogP contribution in [0.2, 0.25) is 5.02 Å². The predicted molar refractivity (Wildman–Crippen MR) is 66.4 cm³/mol. The van der Waals surface area contributed by atoms with Gasteiger partial charge in [0.15, 0.2) is 5.13 Å². The standard InChI is InChI=1S/C10H7Cl2FN2S/c11-4-7-5-16-10(15-7)14-6-1-2-9(13)8(12)3-6/h1-3,5H,4H2,(H,14,15). The lowest BCUT2D eigenvalue weighted by atomic mass is 10.3. The van der Waals surface area contributed by atoms with Crippen molar-refractivity contribution in [1.29, 1.82) is 0 Å². The van der Waals surface area contributed by atoms with Crippen molar-refractivity contribution in [3.8, 4) is 0 Å². The Morgan fingerprint density at radius 2 is 2.25 bits per heavy atom. The van der Waals surface area contributed by atoms with Gasteiger partial charge in [0.1, 0.15) is 5.82 Å². The zero-order valence-corrected chi connectivity index (χ0v) is 10.3. The largest absolute Gasteiger partial charge is 0.331 e. The molecule has 2 rings (SSSR count). The van der Waals surface area contributed by atoms with E-state index in [0.717, 1.165) is 5.69 Å². The number of alkyl halides is 1. The molecule has 0 saturated heterocycles. The van der Waals surface area contributed by atoms with Gasteiger partial charge in [-0.1, -0.05) is 11.6 Å². The maximum absolute atomic E-state index is 12.9. The summed E-state index contributed by atoms with van der Waals surface area (Å²) >= 11 is 12.7. The summed E-state index contributed by atoms with van der Waals surface area (Å²) < 4.78 is 12.9. The third-order valence-corrected chi connectivity index (χ3v) is 3.23. The van der Waals surface area contributed by atoms with Crippen LogP contribution in [0.5, 0.6) is 0 Å². The van der Waals surface area contributed by atoms with Crippen LogP contribution < -0.4 is 5.32 Å². The number of benzene rings is 1. The first kappa shape index (κ1) is 11.6. The van der Waals surface area contributed by atoms with Crippen LogP contribution in [-0.4, -0.2) is 4.98 Å². The molecule has 84 valence electrons. The first-order valence-electron chi connectivity index (χ1n) is 4.41. The van der Waals surface area contributed by atoms with Crippen molar-refractivity contribution in [2.75, 3.05) is 5.32 Å². The molecule has 1 heterocycles. The summed E-state index contributed by atoms with van der Waals surface area (Å²) in [5.41, 5.74) is 1.50. The van der Waals surface area contributed by atoms with Crippen molar-refractivity contribution in [3.05, 3.63) is 40.1 Å². The van der Waals surface area contributed by atoms with Gasteiger partial charge in [-0.05, 0) is 18.2 Å². The first-order valence-corrected chi connectivity index (χ1v) is 6.20. The maximum atomic E-state index is 12.9. The number of anilines is 2. The molecule has 0 radical (unpaired) electrons. The molecule has 0 amide bonds. The second kappa shape index (κ2) is 4.99. The number of halogens is 3. The van der Waals surface area contributed by atoms with E-state index in [2.05, 4.69) is 10.3 Å². The fraction of sp³-hybridized carbons (Fsp3) is 0.100. The third kappa shape index (κ3) is 2.64. The molecular formula is C10H7Cl2FN2S. The highest BCUT2D eigenvalue weighted by molar-refractivity contribution is 7.13. The minimum absolute atomic E-state index is 0.0825. The zero-order chi connectivity index (χ0) is 11.5. The van der Waals surface area contributed by atoms with Crippen LogP contribution in [0.25, 0.3) is 0 Å². The Bertz CT molecular complexity index is 501. The molecule has 0 aliphatic rings. The number of nitrogens with zero attached hydrogens (tertiary/aromatic N) is 1. The SMILES string of the molecule is Fc1ccc(Nc2nc(CCl)cs2)cc1Cl. The molecule has 0 saturated carbocycles. The molecule has 0 aliphatic heterocycles. The van der Waals surface area contributed by atoms with Gasteiger partial charge in [0, 0.05) is 11.1 Å². The number of thiazole rings is 1. The van der Waals surface area contributed by atoms with Crippen molar-refractivity contribution in [2.24, 2.45) is 0 Å². The monoisotopic (exact) mass is 276 g/mol. The van der Waals surface area contributed by atoms with Crippen LogP contribution in [0.3, 0.4) is 0 Å². The van der Waals surface area contributed by atoms with Crippen LogP contribution in [0, 0.1) is 5.82 Å². The molecular weight excluding hydrogens is 270 g/mol. The summed E-state index contributed by atoms with van der Waals surface area (Å²) in [6.45, 7) is 0. The highest BCUT2D eigenvalue weighted by Gasteiger charge is 2.04. The molecule has 0 aliphatic carbocycles. The van der Waals surface area contributed by atoms with E-state index in [1.807, 2.05) is 5.38 Å². The highest BCUT2D eigenvalue weighted by atomic mass is 35.5. The number of aromatic nitrogens is 1. The summed E-state index contributed by atoms with van der Waals surface area (Å²) in [6.07, 6.45) is 0. The summed E-state index contributed by atoms with van der Waals surface area (Å²) in [5, 5.41) is 5.68. The average Bonchev–Trinajstić information content (AvgIpc) is 2.71. The highest BCUT2D eigenvalue weighted by Crippen LogP contribution is 2.25. The summed E-state index contributed by atoms with van der Waals surface area (Å²) in [6, 6.07) is 4.42. The van der Waals surface area contributed by atoms with Crippen molar-refractivity contribution < 1.29 is 4.39 Å². The van der Waals surface area contributed by atoms with Gasteiger partial charge in [-0.3, -0.25) is 0 Å². The van der Waals surface area contributed by atoms with Crippen molar-refractivity contribution >= 4 is 45.4 Å². The second-order valence-corrected chi connectivity index (χ2v) is 4.56. The number of hydrogen-bond acceptors (Lipinski definition) is 3. The smallest absolute Gasteiger partial charge is 0.187 e. The van der Waals surface area contributed by atoms with Gasteiger partial charge in [-0.15, -0.1) is 22.9 Å². The molecule has 2 aromatic rings. The fourth-order valence-electron chi connectivity index (χ4n) is 1.12. The Morgan fingerprint density at radius 3 is 2.88 bits per heavy atom. The molecule has 0 spiro atoms. The summed E-state index contributed by atoms with van der Waals surface area (Å²) in [5.74, 6) is -0.0599. The second-order valence-electron chi connectivity index (χ2n) is 3.03. The molecule has 0 bridgehead atoms. The van der Waals surface area contributed by atoms with Gasteiger partial charge in [0.25, 0.3) is 0 Å². The zero-order valence-electron chi connectivity index (χ0n) is 8.01. The van der Waals surface area contributed by atoms with Gasteiger partial charge in [-0.2, -0.15) is 0 Å². The van der Waals surface area contributed by atoms with Crippen LogP contribution in [0.4, 0.5) is 15.2 Å². The summed E-state index contributed by atoms with van der Waals surface area (Å²) in [4.78, 5) is 4.21. The lowest BCUT2D eigenvalue weighted by molar-refractivity contribution is 0.628. The Hall–Kier alpha value is -0.840. The molecule has 0 unspecified atom stereocenters. The minimum atomic E-state index is -0.437. The third-order valence-electron chi connectivity index (χ3n) is 1.86. The van der Waals surface area contributed by atoms with Crippen molar-refractivity contribution in [3.63, 3.8) is 0 Å². The van der Waals surface area contributed by atoms with E-state index in [9.17, 15) is 4.39 Å². The first-order chi connectivity index (χ1) is 7.69. The molecule has 2 nitrogen and oxygen atoms in total. The predicted octanol–water partition coefficient (Wildman–Crippen LogP) is 4.42. The summed E-state index contributed by atoms with van der Waals surface area (Å²) in [7, 11) is 0. The Morgan fingerprint density at radius 1 is 1.44 bits per heavy atom. The van der Waals surface area contributed by atoms with Crippen LogP contribution >= 0.6 is 34.5 Å². The lowest BCUT2D eigenvalue weighted by Crippen LogP contribution is -1.90. The van der Waals surface area contributed by atoms with E-state index in [1.54, 1.807) is 6.07 Å². The van der Waals surface area contributed by atoms with E-state index >= 15 is 0 Å². The minimum Gasteiger partial charge on any atom is -0.331 e. The molecule has 6 heteroatoms. The van der Waals surface area contributed by atoms with Gasteiger partial charge in [0.05, 0.1) is 16.6 Å². The van der Waals surface area contributed by atoms with Crippen molar-refractivity contribution in [2.45, 2.75) is 5.88 Å². The van der Waals surface area contributed by atoms with Gasteiger partial charge in [0.2, 0.25) is 0 Å². The maximum Gasteiger partial charge on any atom is 0.187 e. The lowest BCUT2D eigenvalue weighted by Gasteiger charge is -2.03. The van der Waals surface area contributed by atoms with E-state index in [-0.39, 0.29) is 5.02 Å². The van der Waals surface area contributed by atoms with Crippen LogP contribution in [0.1, 0.15) is 5.69 Å². The molecule has 0 fully saturated rings. The van der Waals surface area contributed by atoms with E-state index in [1.165, 1.54) is 23.5 Å². The van der Waals surface area contributed by atoms with E-state index in [4.69, 9.17) is 23.2 Å². The van der Waals surface area contributed by atoms with Gasteiger partial charge >= 0.3 is 0 Å². The number of hydrogen-bond donors (Lipinski definition) is 1. The molecule has 0 atom stereocenters. The Labute approximate surface area is 106 Å². The van der Waals surface area contributed by atoms with Gasteiger partial charge in [-0.25, -0.2) is 9.37 Å². The molecule has 1 aromatic carbocycles. The van der Waals surface area contributed by atoms with E-state index < -0.39 is 5.82 Å². The van der Waals surface area contributed by atoms with Crippen molar-refractivity contribution in [1.82, 2.24) is 4.98 Å². The van der Waals surface area contributed by atoms with Crippen LogP contribution in [-0.2, 0) is 5.88 Å². The number of rotatable bonds is 3. The average molecular weight is 277 g/mol. The van der Waals surface area contributed by atoms with Crippen LogP contribution in [0.15, 0.2) is 23.6 Å². The van der Waals surface area contributed by atoms with E-state index in [0.29, 0.717) is 16.7 Å². The molecule has 16 heavy (non-hydrogen) atoms. The topological polar surface area (TPSA) is 24.9 Å². The number of nitrogens with one attached hydrogen (secondary N) is 1. The normalized spacial score (nSPS) is 10.4. The fourth-order valence-corrected chi connectivity index (χ4v) is 2.26. The quantitative estimate of drug-likeness (QED) is 0.840. The Kier molecular flexibility index (Phi) is 3.63. The Balaban J connectivity index is 2.17. The molecule has 1 aromatic heterocycles. The van der Waals surface area contributed by atoms with Gasteiger partial charge < -0.3 is 5.32 Å².